The average Bonchev–Trinajstić information content (AvgIpc) is 3.12. The Bertz CT molecular complexity index is 2180. The lowest BCUT2D eigenvalue weighted by atomic mass is 9.62. The van der Waals surface area contributed by atoms with Crippen LogP contribution in [0.3, 0.4) is 0 Å². The fourth-order valence-corrected chi connectivity index (χ4v) is 8.45. The molecular formula is C48H44. The van der Waals surface area contributed by atoms with E-state index in [2.05, 4.69) is 167 Å². The van der Waals surface area contributed by atoms with Gasteiger partial charge in [0.15, 0.2) is 0 Å². The first-order valence-corrected chi connectivity index (χ1v) is 17.7. The molecule has 8 rings (SSSR count). The molecular weight excluding hydrogens is 577 g/mol. The Morgan fingerprint density at radius 2 is 0.812 bits per heavy atom. The fourth-order valence-electron chi connectivity index (χ4n) is 8.45. The number of aryl methyl sites for hydroxylation is 4. The summed E-state index contributed by atoms with van der Waals surface area (Å²) in [4.78, 5) is 0. The van der Waals surface area contributed by atoms with E-state index < -0.39 is 0 Å². The third kappa shape index (κ3) is 5.34. The van der Waals surface area contributed by atoms with E-state index in [9.17, 15) is 0 Å². The molecule has 1 aliphatic rings. The summed E-state index contributed by atoms with van der Waals surface area (Å²) in [7, 11) is 0. The van der Waals surface area contributed by atoms with Crippen LogP contribution in [-0.2, 0) is 5.41 Å². The standard InChI is InChI=1S/C48H44/c1-32-9-17-37(18-10-32)46-42-7-5-6-8-43(42)47(38-19-11-33(2)12-20-38)45-31-39(21-26-44(45)46)36-27-29-48(30-28-36,40-22-13-34(3)14-23-40)41-24-15-35(4)16-25-41/h5-26,31,36H,27-30H2,1-4H3. The third-order valence-corrected chi connectivity index (χ3v) is 11.2. The van der Waals surface area contributed by atoms with E-state index in [1.165, 1.54) is 95.6 Å². The normalized spacial score (nSPS) is 14.8. The van der Waals surface area contributed by atoms with E-state index in [1.54, 1.807) is 0 Å². The summed E-state index contributed by atoms with van der Waals surface area (Å²) in [6, 6.07) is 53.4. The van der Waals surface area contributed by atoms with Crippen molar-refractivity contribution in [2.45, 2.75) is 64.7 Å². The molecule has 1 fully saturated rings. The molecule has 7 aromatic rings. The lowest BCUT2D eigenvalue weighted by Gasteiger charge is -2.42. The van der Waals surface area contributed by atoms with Crippen molar-refractivity contribution in [2.24, 2.45) is 0 Å². The largest absolute Gasteiger partial charge is 0.0616 e. The Labute approximate surface area is 286 Å². The maximum atomic E-state index is 2.56. The highest BCUT2D eigenvalue weighted by Crippen LogP contribution is 2.50. The van der Waals surface area contributed by atoms with E-state index in [1.807, 2.05) is 0 Å². The first kappa shape index (κ1) is 30.4. The van der Waals surface area contributed by atoms with E-state index >= 15 is 0 Å². The SMILES string of the molecule is Cc1ccc(-c2c3ccccc3c(-c3ccc(C)cc3)c3cc(C4CCC(c5ccc(C)cc5)(c5ccc(C)cc5)CC4)ccc23)cc1. The van der Waals surface area contributed by atoms with Crippen LogP contribution >= 0.6 is 0 Å². The summed E-state index contributed by atoms with van der Waals surface area (Å²) < 4.78 is 0. The highest BCUT2D eigenvalue weighted by atomic mass is 14.4. The Morgan fingerprint density at radius 1 is 0.417 bits per heavy atom. The van der Waals surface area contributed by atoms with Gasteiger partial charge in [-0.15, -0.1) is 0 Å². The highest BCUT2D eigenvalue weighted by Gasteiger charge is 2.39. The zero-order valence-corrected chi connectivity index (χ0v) is 28.7. The third-order valence-electron chi connectivity index (χ3n) is 11.2. The minimum Gasteiger partial charge on any atom is -0.0616 e. The van der Waals surface area contributed by atoms with Crippen LogP contribution in [0, 0.1) is 27.7 Å². The number of hydrogen-bond donors (Lipinski definition) is 0. The Morgan fingerprint density at radius 3 is 1.27 bits per heavy atom. The van der Waals surface area contributed by atoms with Crippen molar-refractivity contribution in [2.75, 3.05) is 0 Å². The number of benzene rings is 7. The molecule has 0 saturated heterocycles. The van der Waals surface area contributed by atoms with E-state index in [0.29, 0.717) is 5.92 Å². The van der Waals surface area contributed by atoms with Gasteiger partial charge in [-0.05, 0) is 120 Å². The summed E-state index contributed by atoms with van der Waals surface area (Å²) in [6.45, 7) is 8.73. The zero-order valence-electron chi connectivity index (χ0n) is 28.7. The first-order chi connectivity index (χ1) is 23.4. The fraction of sp³-hybridized carbons (Fsp3) is 0.208. The van der Waals surface area contributed by atoms with Crippen LogP contribution < -0.4 is 0 Å². The van der Waals surface area contributed by atoms with Gasteiger partial charge in [-0.25, -0.2) is 0 Å². The smallest absolute Gasteiger partial charge is 0.0203 e. The summed E-state index contributed by atoms with van der Waals surface area (Å²) in [5, 5.41) is 5.33. The first-order valence-electron chi connectivity index (χ1n) is 17.7. The number of rotatable bonds is 5. The summed E-state index contributed by atoms with van der Waals surface area (Å²) in [5.74, 6) is 0.526. The Balaban J connectivity index is 1.27. The molecule has 7 aromatic carbocycles. The molecule has 1 saturated carbocycles. The number of fused-ring (bicyclic) bond motifs is 2. The van der Waals surface area contributed by atoms with Crippen molar-refractivity contribution in [3.63, 3.8) is 0 Å². The average molecular weight is 621 g/mol. The van der Waals surface area contributed by atoms with Crippen LogP contribution in [0.25, 0.3) is 43.8 Å². The van der Waals surface area contributed by atoms with Crippen LogP contribution in [0.1, 0.15) is 70.5 Å². The van der Waals surface area contributed by atoms with Crippen molar-refractivity contribution in [3.05, 3.63) is 178 Å². The van der Waals surface area contributed by atoms with Gasteiger partial charge in [-0.3, -0.25) is 0 Å². The molecule has 0 unspecified atom stereocenters. The van der Waals surface area contributed by atoms with Crippen molar-refractivity contribution in [3.8, 4) is 22.3 Å². The van der Waals surface area contributed by atoms with E-state index in [4.69, 9.17) is 0 Å². The molecule has 0 aliphatic heterocycles. The van der Waals surface area contributed by atoms with Crippen LogP contribution in [0.15, 0.2) is 140 Å². The summed E-state index contributed by atoms with van der Waals surface area (Å²) in [6.07, 6.45) is 4.65. The van der Waals surface area contributed by atoms with Gasteiger partial charge < -0.3 is 0 Å². The van der Waals surface area contributed by atoms with Crippen molar-refractivity contribution in [1.29, 1.82) is 0 Å². The van der Waals surface area contributed by atoms with Gasteiger partial charge in [-0.2, -0.15) is 0 Å². The van der Waals surface area contributed by atoms with Gasteiger partial charge >= 0.3 is 0 Å². The van der Waals surface area contributed by atoms with Crippen LogP contribution in [-0.4, -0.2) is 0 Å². The molecule has 0 heteroatoms. The molecule has 0 amide bonds. The second-order valence-electron chi connectivity index (χ2n) is 14.4. The molecule has 1 aliphatic carbocycles. The molecule has 0 nitrogen and oxygen atoms in total. The minimum atomic E-state index is 0.0522. The van der Waals surface area contributed by atoms with E-state index in [0.717, 1.165) is 12.8 Å². The second kappa shape index (κ2) is 12.3. The zero-order chi connectivity index (χ0) is 32.8. The number of hydrogen-bond acceptors (Lipinski definition) is 0. The molecule has 0 radical (unpaired) electrons. The van der Waals surface area contributed by atoms with Gasteiger partial charge in [0.2, 0.25) is 0 Å². The van der Waals surface area contributed by atoms with E-state index in [-0.39, 0.29) is 5.41 Å². The monoisotopic (exact) mass is 620 g/mol. The van der Waals surface area contributed by atoms with Crippen LogP contribution in [0.4, 0.5) is 0 Å². The van der Waals surface area contributed by atoms with Gasteiger partial charge in [0.05, 0.1) is 0 Å². The molecule has 0 spiro atoms. The van der Waals surface area contributed by atoms with Crippen molar-refractivity contribution in [1.82, 2.24) is 0 Å². The van der Waals surface area contributed by atoms with Gasteiger partial charge in [-0.1, -0.05) is 162 Å². The van der Waals surface area contributed by atoms with Crippen LogP contribution in [0.5, 0.6) is 0 Å². The molecule has 0 bridgehead atoms. The predicted octanol–water partition coefficient (Wildman–Crippen LogP) is 13.2. The molecule has 236 valence electrons. The maximum Gasteiger partial charge on any atom is 0.0203 e. The highest BCUT2D eigenvalue weighted by molar-refractivity contribution is 6.21. The predicted molar refractivity (Wildman–Crippen MR) is 206 cm³/mol. The molecule has 0 N–H and O–H groups in total. The lowest BCUT2D eigenvalue weighted by molar-refractivity contribution is 0.315. The second-order valence-corrected chi connectivity index (χ2v) is 14.4. The van der Waals surface area contributed by atoms with Gasteiger partial charge in [0, 0.05) is 5.41 Å². The van der Waals surface area contributed by atoms with Crippen molar-refractivity contribution >= 4 is 21.5 Å². The maximum absolute atomic E-state index is 2.56. The minimum absolute atomic E-state index is 0.0522. The molecule has 48 heavy (non-hydrogen) atoms. The van der Waals surface area contributed by atoms with Crippen molar-refractivity contribution < 1.29 is 0 Å². The van der Waals surface area contributed by atoms with Gasteiger partial charge in [0.25, 0.3) is 0 Å². The molecule has 0 atom stereocenters. The summed E-state index contributed by atoms with van der Waals surface area (Å²) >= 11 is 0. The quantitative estimate of drug-likeness (QED) is 0.168. The molecule has 0 aromatic heterocycles. The lowest BCUT2D eigenvalue weighted by Crippen LogP contribution is -2.32. The Kier molecular flexibility index (Phi) is 7.76. The summed E-state index contributed by atoms with van der Waals surface area (Å²) in [5.41, 5.74) is 14.9. The Hall–Kier alpha value is -4.94. The van der Waals surface area contributed by atoms with Crippen LogP contribution in [0.2, 0.25) is 0 Å². The van der Waals surface area contributed by atoms with Gasteiger partial charge in [0.1, 0.15) is 0 Å². The molecule has 0 heterocycles. The topological polar surface area (TPSA) is 0 Å².